The monoisotopic (exact) mass is 408 g/mol. The number of hydrogen-bond acceptors (Lipinski definition) is 5. The summed E-state index contributed by atoms with van der Waals surface area (Å²) >= 11 is 0. The highest BCUT2D eigenvalue weighted by molar-refractivity contribution is 6.05. The first-order chi connectivity index (χ1) is 14.5. The number of carbonyl (C=O) groups is 2. The first-order valence-electron chi connectivity index (χ1n) is 9.84. The summed E-state index contributed by atoms with van der Waals surface area (Å²) in [5.41, 5.74) is 5.63. The van der Waals surface area contributed by atoms with Gasteiger partial charge in [-0.1, -0.05) is 44.2 Å². The van der Waals surface area contributed by atoms with Gasteiger partial charge in [0.25, 0.3) is 17.4 Å². The van der Waals surface area contributed by atoms with E-state index < -0.39 is 11.8 Å². The second-order valence-electron chi connectivity index (χ2n) is 6.71. The fourth-order valence-electron chi connectivity index (χ4n) is 2.96. The third-order valence-corrected chi connectivity index (χ3v) is 4.54. The summed E-state index contributed by atoms with van der Waals surface area (Å²) in [5, 5.41) is 5.01. The fourth-order valence-corrected chi connectivity index (χ4v) is 2.96. The topological polar surface area (TPSA) is 102 Å². The van der Waals surface area contributed by atoms with Crippen LogP contribution in [-0.4, -0.2) is 28.2 Å². The van der Waals surface area contributed by atoms with Crippen molar-refractivity contribution in [2.24, 2.45) is 0 Å². The minimum atomic E-state index is -0.614. The number of benzene rings is 2. The molecular weight excluding hydrogens is 384 g/mol. The Bertz CT molecular complexity index is 1110. The van der Waals surface area contributed by atoms with Gasteiger partial charge in [0.05, 0.1) is 5.39 Å². The van der Waals surface area contributed by atoms with Crippen molar-refractivity contribution in [2.45, 2.75) is 33.2 Å². The molecule has 0 aliphatic heterocycles. The summed E-state index contributed by atoms with van der Waals surface area (Å²) in [6, 6.07) is 14.2. The molecule has 0 fully saturated rings. The maximum Gasteiger partial charge on any atom is 0.290 e. The van der Waals surface area contributed by atoms with Crippen LogP contribution in [0.15, 0.2) is 53.3 Å². The number of hydrogen-bond donors (Lipinski definition) is 2. The predicted octanol–water partition coefficient (Wildman–Crippen LogP) is 2.21. The first-order valence-corrected chi connectivity index (χ1v) is 9.84. The van der Waals surface area contributed by atoms with Crippen LogP contribution in [0.4, 0.5) is 0 Å². The van der Waals surface area contributed by atoms with E-state index in [1.165, 1.54) is 10.2 Å². The maximum absolute atomic E-state index is 12.6. The summed E-state index contributed by atoms with van der Waals surface area (Å²) in [7, 11) is 0. The van der Waals surface area contributed by atoms with Gasteiger partial charge < -0.3 is 4.74 Å². The van der Waals surface area contributed by atoms with E-state index in [0.717, 1.165) is 6.42 Å². The van der Waals surface area contributed by atoms with Crippen LogP contribution in [0.2, 0.25) is 0 Å². The number of carbonyl (C=O) groups excluding carboxylic acids is 2. The molecule has 0 spiro atoms. The van der Waals surface area contributed by atoms with Crippen molar-refractivity contribution < 1.29 is 14.3 Å². The molecule has 0 unspecified atom stereocenters. The van der Waals surface area contributed by atoms with Crippen molar-refractivity contribution in [3.05, 3.63) is 70.1 Å². The zero-order valence-electron chi connectivity index (χ0n) is 17.0. The molecule has 0 aliphatic rings. The fraction of sp³-hybridized carbons (Fsp3) is 0.273. The standard InChI is InChI=1S/C22H24N4O4/c1-3-13-26-22(29)18-8-6-5-7-17(18)20(25-26)21(28)24-23-19(27)14-30-16-11-9-15(4-2)10-12-16/h5-12H,3-4,13-14H2,1-2H3,(H,23,27)(H,24,28). The van der Waals surface area contributed by atoms with Crippen molar-refractivity contribution >= 4 is 22.6 Å². The van der Waals surface area contributed by atoms with Crippen molar-refractivity contribution in [3.63, 3.8) is 0 Å². The minimum absolute atomic E-state index is 0.0648. The van der Waals surface area contributed by atoms with Crippen LogP contribution >= 0.6 is 0 Å². The Morgan fingerprint density at radius 1 is 1.00 bits per heavy atom. The summed E-state index contributed by atoms with van der Waals surface area (Å²) < 4.78 is 6.68. The molecule has 2 N–H and O–H groups in total. The van der Waals surface area contributed by atoms with Crippen LogP contribution in [0.5, 0.6) is 5.75 Å². The predicted molar refractivity (Wildman–Crippen MR) is 113 cm³/mol. The molecule has 1 heterocycles. The lowest BCUT2D eigenvalue weighted by Crippen LogP contribution is -2.44. The molecule has 0 bridgehead atoms. The normalized spacial score (nSPS) is 10.6. The van der Waals surface area contributed by atoms with E-state index in [0.29, 0.717) is 29.5 Å². The Hall–Kier alpha value is -3.68. The van der Waals surface area contributed by atoms with Gasteiger partial charge in [-0.2, -0.15) is 5.10 Å². The minimum Gasteiger partial charge on any atom is -0.484 e. The zero-order valence-corrected chi connectivity index (χ0v) is 17.0. The smallest absolute Gasteiger partial charge is 0.290 e. The lowest BCUT2D eigenvalue weighted by molar-refractivity contribution is -0.123. The van der Waals surface area contributed by atoms with Crippen molar-refractivity contribution in [1.82, 2.24) is 20.6 Å². The van der Waals surface area contributed by atoms with Gasteiger partial charge in [-0.3, -0.25) is 25.2 Å². The van der Waals surface area contributed by atoms with Gasteiger partial charge in [0.15, 0.2) is 12.3 Å². The van der Waals surface area contributed by atoms with Gasteiger partial charge in [-0.15, -0.1) is 0 Å². The van der Waals surface area contributed by atoms with E-state index in [4.69, 9.17) is 4.74 Å². The van der Waals surface area contributed by atoms with E-state index in [-0.39, 0.29) is 17.9 Å². The Morgan fingerprint density at radius 2 is 1.70 bits per heavy atom. The molecule has 8 heteroatoms. The van der Waals surface area contributed by atoms with Gasteiger partial charge in [-0.25, -0.2) is 4.68 Å². The number of nitrogens with one attached hydrogen (secondary N) is 2. The third-order valence-electron chi connectivity index (χ3n) is 4.54. The SMILES string of the molecule is CCCn1nc(C(=O)NNC(=O)COc2ccc(CC)cc2)c2ccccc2c1=O. The highest BCUT2D eigenvalue weighted by atomic mass is 16.5. The van der Waals surface area contributed by atoms with Gasteiger partial charge in [0, 0.05) is 11.9 Å². The van der Waals surface area contributed by atoms with E-state index in [1.54, 1.807) is 36.4 Å². The maximum atomic E-state index is 12.6. The molecular formula is C22H24N4O4. The van der Waals surface area contributed by atoms with E-state index >= 15 is 0 Å². The molecule has 3 aromatic rings. The van der Waals surface area contributed by atoms with E-state index in [1.807, 2.05) is 19.1 Å². The second-order valence-corrected chi connectivity index (χ2v) is 6.71. The van der Waals surface area contributed by atoms with Crippen LogP contribution in [-0.2, 0) is 17.8 Å². The zero-order chi connectivity index (χ0) is 21.5. The molecule has 156 valence electrons. The van der Waals surface area contributed by atoms with Crippen LogP contribution in [0.25, 0.3) is 10.8 Å². The van der Waals surface area contributed by atoms with E-state index in [9.17, 15) is 14.4 Å². The van der Waals surface area contributed by atoms with Gasteiger partial charge in [0.1, 0.15) is 5.75 Å². The molecule has 0 saturated heterocycles. The Morgan fingerprint density at radius 3 is 2.37 bits per heavy atom. The molecule has 0 atom stereocenters. The van der Waals surface area contributed by atoms with Crippen molar-refractivity contribution in [1.29, 1.82) is 0 Å². The van der Waals surface area contributed by atoms with Crippen molar-refractivity contribution in [2.75, 3.05) is 6.61 Å². The van der Waals surface area contributed by atoms with Gasteiger partial charge in [0.2, 0.25) is 0 Å². The number of nitrogens with zero attached hydrogens (tertiary/aromatic N) is 2. The number of amides is 2. The number of ether oxygens (including phenoxy) is 1. The Balaban J connectivity index is 1.66. The summed E-state index contributed by atoms with van der Waals surface area (Å²) in [6.07, 6.45) is 1.61. The molecule has 2 aromatic carbocycles. The number of fused-ring (bicyclic) bond motifs is 1. The van der Waals surface area contributed by atoms with Crippen LogP contribution < -0.4 is 21.1 Å². The van der Waals surface area contributed by atoms with Crippen LogP contribution in [0, 0.1) is 0 Å². The van der Waals surface area contributed by atoms with Crippen LogP contribution in [0.3, 0.4) is 0 Å². The lowest BCUT2D eigenvalue weighted by Gasteiger charge is -2.12. The molecule has 30 heavy (non-hydrogen) atoms. The summed E-state index contributed by atoms with van der Waals surface area (Å²) in [5.74, 6) is -0.571. The molecule has 0 radical (unpaired) electrons. The molecule has 2 amide bonds. The molecule has 0 saturated carbocycles. The van der Waals surface area contributed by atoms with E-state index in [2.05, 4.69) is 22.9 Å². The highest BCUT2D eigenvalue weighted by Crippen LogP contribution is 2.14. The average molecular weight is 408 g/mol. The highest BCUT2D eigenvalue weighted by Gasteiger charge is 2.17. The summed E-state index contributed by atoms with van der Waals surface area (Å²) in [6.45, 7) is 4.10. The molecule has 1 aromatic heterocycles. The quantitative estimate of drug-likeness (QED) is 0.584. The van der Waals surface area contributed by atoms with Crippen molar-refractivity contribution in [3.8, 4) is 5.75 Å². The number of hydrazine groups is 1. The number of aromatic nitrogens is 2. The third kappa shape index (κ3) is 4.83. The average Bonchev–Trinajstić information content (AvgIpc) is 2.78. The molecule has 8 nitrogen and oxygen atoms in total. The Kier molecular flexibility index (Phi) is 6.79. The van der Waals surface area contributed by atoms with Crippen LogP contribution in [0.1, 0.15) is 36.3 Å². The molecule has 3 rings (SSSR count). The summed E-state index contributed by atoms with van der Waals surface area (Å²) in [4.78, 5) is 37.2. The molecule has 0 aliphatic carbocycles. The van der Waals surface area contributed by atoms with Gasteiger partial charge in [-0.05, 0) is 36.6 Å². The first kappa shape index (κ1) is 21.0. The largest absolute Gasteiger partial charge is 0.484 e. The van der Waals surface area contributed by atoms with Gasteiger partial charge >= 0.3 is 0 Å². The number of rotatable bonds is 7. The second kappa shape index (κ2) is 9.69. The Labute approximate surface area is 173 Å². The number of aryl methyl sites for hydroxylation is 2. The lowest BCUT2D eigenvalue weighted by atomic mass is 10.1.